The Morgan fingerprint density at radius 1 is 1.12 bits per heavy atom. The van der Waals surface area contributed by atoms with Crippen LogP contribution in [0.2, 0.25) is 0 Å². The van der Waals surface area contributed by atoms with E-state index in [1.165, 1.54) is 5.57 Å². The Labute approximate surface area is 147 Å². The van der Waals surface area contributed by atoms with Crippen LogP contribution in [0.15, 0.2) is 12.2 Å². The lowest BCUT2D eigenvalue weighted by atomic mass is 10.0. The summed E-state index contributed by atoms with van der Waals surface area (Å²) in [6, 6.07) is 0.453. The summed E-state index contributed by atoms with van der Waals surface area (Å²) in [5, 5.41) is 6.24. The summed E-state index contributed by atoms with van der Waals surface area (Å²) in [5.41, 5.74) is 1.21. The zero-order valence-electron chi connectivity index (χ0n) is 15.7. The molecule has 2 aliphatic heterocycles. The fraction of sp³-hybridized carbons (Fsp3) is 0.833. The van der Waals surface area contributed by atoms with Crippen molar-refractivity contribution in [2.45, 2.75) is 38.8 Å². The second kappa shape index (κ2) is 9.39. The number of nitrogens with zero attached hydrogens (tertiary/aromatic N) is 3. The highest BCUT2D eigenvalue weighted by atomic mass is 16.2. The molecule has 2 rings (SSSR count). The first-order valence-corrected chi connectivity index (χ1v) is 9.27. The molecule has 0 unspecified atom stereocenters. The molecule has 24 heavy (non-hydrogen) atoms. The van der Waals surface area contributed by atoms with Gasteiger partial charge in [0.15, 0.2) is 0 Å². The molecular formula is C18H35N5O. The monoisotopic (exact) mass is 337 g/mol. The molecule has 1 atom stereocenters. The molecule has 0 aromatic rings. The standard InChI is InChI=1S/C18H35N5O/c1-15(2)13-22-7-5-17(6-8-22)20-18(24)19-16(3)14-23-11-9-21(4)10-12-23/h16-17H,1,5-14H2,2-4H3,(H2,19,20,24)/t16-/m0/s1. The zero-order chi connectivity index (χ0) is 17.5. The van der Waals surface area contributed by atoms with Crippen molar-refractivity contribution in [3.05, 3.63) is 12.2 Å². The molecule has 0 aromatic heterocycles. The summed E-state index contributed by atoms with van der Waals surface area (Å²) >= 11 is 0. The molecular weight excluding hydrogens is 302 g/mol. The van der Waals surface area contributed by atoms with E-state index in [1.807, 2.05) is 0 Å². The normalized spacial score (nSPS) is 23.0. The quantitative estimate of drug-likeness (QED) is 0.709. The third kappa shape index (κ3) is 6.79. The number of nitrogens with one attached hydrogen (secondary N) is 2. The lowest BCUT2D eigenvalue weighted by Gasteiger charge is -2.34. The molecule has 2 N–H and O–H groups in total. The third-order valence-corrected chi connectivity index (χ3v) is 4.92. The van der Waals surface area contributed by atoms with Crippen LogP contribution in [0.25, 0.3) is 0 Å². The van der Waals surface area contributed by atoms with Crippen LogP contribution in [0, 0.1) is 0 Å². The second-order valence-corrected chi connectivity index (χ2v) is 7.63. The van der Waals surface area contributed by atoms with Crippen molar-refractivity contribution in [3.63, 3.8) is 0 Å². The first-order chi connectivity index (χ1) is 11.4. The first kappa shape index (κ1) is 19.2. The average molecular weight is 338 g/mol. The SMILES string of the molecule is C=C(C)CN1CCC(NC(=O)N[C@@H](C)CN2CCN(C)CC2)CC1. The highest BCUT2D eigenvalue weighted by Gasteiger charge is 2.22. The predicted octanol–water partition coefficient (Wildman–Crippen LogP) is 0.962. The van der Waals surface area contributed by atoms with Crippen LogP contribution in [0.5, 0.6) is 0 Å². The van der Waals surface area contributed by atoms with Crippen LogP contribution >= 0.6 is 0 Å². The van der Waals surface area contributed by atoms with Crippen LogP contribution in [0.3, 0.4) is 0 Å². The number of likely N-dealkylation sites (N-methyl/N-ethyl adjacent to an activating group) is 1. The smallest absolute Gasteiger partial charge is 0.315 e. The van der Waals surface area contributed by atoms with Crippen molar-refractivity contribution < 1.29 is 4.79 Å². The highest BCUT2D eigenvalue weighted by molar-refractivity contribution is 5.74. The lowest BCUT2D eigenvalue weighted by Crippen LogP contribution is -2.53. The van der Waals surface area contributed by atoms with Gasteiger partial charge in [0.05, 0.1) is 0 Å². The summed E-state index contributed by atoms with van der Waals surface area (Å²) in [6.07, 6.45) is 2.04. The van der Waals surface area contributed by atoms with E-state index in [0.717, 1.165) is 65.2 Å². The van der Waals surface area contributed by atoms with Crippen LogP contribution in [0.4, 0.5) is 4.79 Å². The summed E-state index contributed by atoms with van der Waals surface area (Å²) in [6.45, 7) is 16.5. The van der Waals surface area contributed by atoms with Gasteiger partial charge in [-0.05, 0) is 33.7 Å². The molecule has 0 aromatic carbocycles. The molecule has 0 bridgehead atoms. The Hall–Kier alpha value is -1.11. The van der Waals surface area contributed by atoms with E-state index in [2.05, 4.69) is 52.8 Å². The molecule has 0 spiro atoms. The number of hydrogen-bond donors (Lipinski definition) is 2. The number of urea groups is 1. The maximum absolute atomic E-state index is 12.2. The lowest BCUT2D eigenvalue weighted by molar-refractivity contribution is 0.144. The minimum Gasteiger partial charge on any atom is -0.335 e. The Morgan fingerprint density at radius 3 is 2.33 bits per heavy atom. The second-order valence-electron chi connectivity index (χ2n) is 7.63. The van der Waals surface area contributed by atoms with Crippen molar-refractivity contribution in [1.29, 1.82) is 0 Å². The summed E-state index contributed by atoms with van der Waals surface area (Å²) < 4.78 is 0. The van der Waals surface area contributed by atoms with E-state index in [-0.39, 0.29) is 12.1 Å². The fourth-order valence-electron chi connectivity index (χ4n) is 3.53. The maximum atomic E-state index is 12.2. The van der Waals surface area contributed by atoms with Crippen LogP contribution < -0.4 is 10.6 Å². The number of rotatable bonds is 6. The number of hydrogen-bond acceptors (Lipinski definition) is 4. The molecule has 0 aliphatic carbocycles. The van der Waals surface area contributed by atoms with Gasteiger partial charge < -0.3 is 15.5 Å². The van der Waals surface area contributed by atoms with Crippen LogP contribution in [-0.4, -0.2) is 92.2 Å². The molecule has 138 valence electrons. The number of piperidine rings is 1. The van der Waals surface area contributed by atoms with Gasteiger partial charge in [-0.25, -0.2) is 4.79 Å². The van der Waals surface area contributed by atoms with Gasteiger partial charge in [-0.15, -0.1) is 0 Å². The third-order valence-electron chi connectivity index (χ3n) is 4.92. The number of carbonyl (C=O) groups excluding carboxylic acids is 1. The fourth-order valence-corrected chi connectivity index (χ4v) is 3.53. The highest BCUT2D eigenvalue weighted by Crippen LogP contribution is 2.11. The predicted molar refractivity (Wildman–Crippen MR) is 99.3 cm³/mol. The zero-order valence-corrected chi connectivity index (χ0v) is 15.7. The molecule has 2 heterocycles. The van der Waals surface area contributed by atoms with Gasteiger partial charge in [0, 0.05) is 64.4 Å². The van der Waals surface area contributed by atoms with Crippen molar-refractivity contribution >= 4 is 6.03 Å². The number of amides is 2. The Balaban J connectivity index is 1.61. The van der Waals surface area contributed by atoms with Gasteiger partial charge in [-0.1, -0.05) is 12.2 Å². The summed E-state index contributed by atoms with van der Waals surface area (Å²) in [4.78, 5) is 19.4. The van der Waals surface area contributed by atoms with Gasteiger partial charge >= 0.3 is 6.03 Å². The van der Waals surface area contributed by atoms with Crippen molar-refractivity contribution in [2.24, 2.45) is 0 Å². The van der Waals surface area contributed by atoms with Gasteiger partial charge in [0.25, 0.3) is 0 Å². The van der Waals surface area contributed by atoms with E-state index in [1.54, 1.807) is 0 Å². The Bertz CT molecular complexity index is 412. The van der Waals surface area contributed by atoms with Gasteiger partial charge in [0.1, 0.15) is 0 Å². The van der Waals surface area contributed by atoms with Crippen LogP contribution in [0.1, 0.15) is 26.7 Å². The molecule has 6 heteroatoms. The van der Waals surface area contributed by atoms with E-state index in [0.29, 0.717) is 6.04 Å². The minimum absolute atomic E-state index is 0.0185. The van der Waals surface area contributed by atoms with E-state index in [4.69, 9.17) is 0 Å². The molecule has 2 saturated heterocycles. The van der Waals surface area contributed by atoms with E-state index < -0.39 is 0 Å². The Morgan fingerprint density at radius 2 is 1.75 bits per heavy atom. The van der Waals surface area contributed by atoms with E-state index in [9.17, 15) is 4.79 Å². The van der Waals surface area contributed by atoms with Gasteiger partial charge in [-0.2, -0.15) is 0 Å². The average Bonchev–Trinajstić information content (AvgIpc) is 2.51. The van der Waals surface area contributed by atoms with Crippen molar-refractivity contribution in [2.75, 3.05) is 59.4 Å². The minimum atomic E-state index is -0.0185. The van der Waals surface area contributed by atoms with Gasteiger partial charge in [0.2, 0.25) is 0 Å². The summed E-state index contributed by atoms with van der Waals surface area (Å²) in [7, 11) is 2.16. The van der Waals surface area contributed by atoms with E-state index >= 15 is 0 Å². The molecule has 2 fully saturated rings. The largest absolute Gasteiger partial charge is 0.335 e. The first-order valence-electron chi connectivity index (χ1n) is 9.27. The molecule has 0 saturated carbocycles. The molecule has 6 nitrogen and oxygen atoms in total. The van der Waals surface area contributed by atoms with Crippen molar-refractivity contribution in [1.82, 2.24) is 25.3 Å². The van der Waals surface area contributed by atoms with Crippen LogP contribution in [-0.2, 0) is 0 Å². The molecule has 2 amide bonds. The number of carbonyl (C=O) groups is 1. The molecule has 0 radical (unpaired) electrons. The Kier molecular flexibility index (Phi) is 7.52. The summed E-state index contributed by atoms with van der Waals surface area (Å²) in [5.74, 6) is 0. The maximum Gasteiger partial charge on any atom is 0.315 e. The molecule has 2 aliphatic rings. The number of likely N-dealkylation sites (tertiary alicyclic amines) is 1. The van der Waals surface area contributed by atoms with Crippen molar-refractivity contribution in [3.8, 4) is 0 Å². The number of piperazine rings is 1. The topological polar surface area (TPSA) is 50.9 Å². The van der Waals surface area contributed by atoms with Gasteiger partial charge in [-0.3, -0.25) is 9.80 Å².